The molecule has 3 aromatic heterocycles. The van der Waals surface area contributed by atoms with Crippen LogP contribution in [0, 0.1) is 5.21 Å². The smallest absolute Gasteiger partial charge is 0.359 e. The minimum absolute atomic E-state index is 0.230. The molecule has 0 fully saturated rings. The van der Waals surface area contributed by atoms with Gasteiger partial charge >= 0.3 is 12.4 Å². The fraction of sp³-hybridized carbons (Fsp3) is 0.143. The molecule has 0 aliphatic rings. The van der Waals surface area contributed by atoms with Gasteiger partial charge in [-0.1, -0.05) is 23.2 Å². The van der Waals surface area contributed by atoms with E-state index in [0.717, 1.165) is 0 Å². The lowest BCUT2D eigenvalue weighted by atomic mass is 10.1. The topological polar surface area (TPSA) is 78.8 Å². The Morgan fingerprint density at radius 3 is 1.71 bits per heavy atom. The number of rotatable bonds is 2. The van der Waals surface area contributed by atoms with E-state index < -0.39 is 50.6 Å². The summed E-state index contributed by atoms with van der Waals surface area (Å²) in [6, 6.07) is 1.06. The molecule has 0 atom stereocenters. The second-order valence-electron chi connectivity index (χ2n) is 5.23. The van der Waals surface area contributed by atoms with Gasteiger partial charge in [-0.05, 0) is 17.0 Å². The number of hydrogen-bond donors (Lipinski definition) is 0. The van der Waals surface area contributed by atoms with Gasteiger partial charge in [0.2, 0.25) is 0 Å². The van der Waals surface area contributed by atoms with Crippen LogP contribution in [-0.4, -0.2) is 15.1 Å². The van der Waals surface area contributed by atoms with Gasteiger partial charge in [0.25, 0.3) is 11.4 Å². The molecule has 0 N–H and O–H groups in total. The van der Waals surface area contributed by atoms with Crippen molar-refractivity contribution in [2.45, 2.75) is 12.4 Å². The Hall–Kier alpha value is -2.60. The molecule has 14 heteroatoms. The lowest BCUT2D eigenvalue weighted by Gasteiger charge is -2.09. The summed E-state index contributed by atoms with van der Waals surface area (Å²) in [5, 5.41) is 14.1. The second-order valence-corrected chi connectivity index (χ2v) is 6.05. The van der Waals surface area contributed by atoms with Crippen molar-refractivity contribution in [2.75, 3.05) is 0 Å². The first-order valence-corrected chi connectivity index (χ1v) is 7.71. The average molecular weight is 445 g/mol. The zero-order valence-electron chi connectivity index (χ0n) is 12.9. The summed E-state index contributed by atoms with van der Waals surface area (Å²) in [4.78, 5) is 6.79. The van der Waals surface area contributed by atoms with Crippen LogP contribution in [0.4, 0.5) is 26.3 Å². The van der Waals surface area contributed by atoms with Crippen molar-refractivity contribution in [3.63, 3.8) is 0 Å². The van der Waals surface area contributed by atoms with E-state index in [4.69, 9.17) is 23.2 Å². The van der Waals surface area contributed by atoms with Crippen LogP contribution in [-0.2, 0) is 12.4 Å². The highest BCUT2D eigenvalue weighted by molar-refractivity contribution is 6.34. The van der Waals surface area contributed by atoms with Gasteiger partial charge in [0, 0.05) is 17.6 Å². The molecule has 0 amide bonds. The Bertz CT molecular complexity index is 1050. The van der Waals surface area contributed by atoms with Crippen LogP contribution >= 0.6 is 23.2 Å². The Morgan fingerprint density at radius 1 is 0.821 bits per heavy atom. The van der Waals surface area contributed by atoms with E-state index in [2.05, 4.69) is 19.8 Å². The molecule has 3 aromatic rings. The maximum Gasteiger partial charge on any atom is 0.417 e. The predicted molar refractivity (Wildman–Crippen MR) is 81.9 cm³/mol. The van der Waals surface area contributed by atoms with E-state index in [0.29, 0.717) is 24.5 Å². The highest BCUT2D eigenvalue weighted by atomic mass is 35.5. The lowest BCUT2D eigenvalue weighted by Crippen LogP contribution is -2.26. The van der Waals surface area contributed by atoms with Crippen LogP contribution in [0.5, 0.6) is 0 Å². The van der Waals surface area contributed by atoms with Gasteiger partial charge < -0.3 is 5.21 Å². The van der Waals surface area contributed by atoms with Crippen LogP contribution in [0.15, 0.2) is 29.2 Å². The molecule has 0 aliphatic carbocycles. The van der Waals surface area contributed by atoms with Crippen molar-refractivity contribution in [3.8, 4) is 22.8 Å². The Labute approximate surface area is 160 Å². The van der Waals surface area contributed by atoms with Gasteiger partial charge in [0.1, 0.15) is 11.4 Å². The van der Waals surface area contributed by atoms with E-state index in [1.54, 1.807) is 0 Å². The summed E-state index contributed by atoms with van der Waals surface area (Å²) in [7, 11) is 0. The Balaban J connectivity index is 2.14. The van der Waals surface area contributed by atoms with Gasteiger partial charge in [0.15, 0.2) is 0 Å². The fourth-order valence-electron chi connectivity index (χ4n) is 2.14. The van der Waals surface area contributed by atoms with Gasteiger partial charge in [-0.25, -0.2) is 9.97 Å². The van der Waals surface area contributed by atoms with E-state index in [1.807, 2.05) is 0 Å². The molecule has 0 spiro atoms. The molecule has 28 heavy (non-hydrogen) atoms. The van der Waals surface area contributed by atoms with Crippen molar-refractivity contribution in [1.82, 2.24) is 15.1 Å². The molecular weight excluding hydrogens is 441 g/mol. The first kappa shape index (κ1) is 20.1. The highest BCUT2D eigenvalue weighted by Gasteiger charge is 2.36. The second kappa shape index (κ2) is 6.78. The van der Waals surface area contributed by atoms with Crippen LogP contribution in [0.1, 0.15) is 11.1 Å². The zero-order valence-corrected chi connectivity index (χ0v) is 14.5. The standard InChI is InChI=1S/C14H4Cl2F6N4O2/c15-7-1-5(13(17,18)19)3-23-9(7)11-12(26(27)28-25-11)10-8(16)2-6(4-24-10)14(20,21)22/h1-4H. The summed E-state index contributed by atoms with van der Waals surface area (Å²) in [6.45, 7) is 0. The third-order valence-corrected chi connectivity index (χ3v) is 3.98. The zero-order chi connectivity index (χ0) is 20.9. The minimum atomic E-state index is -4.74. The molecule has 0 aromatic carbocycles. The molecule has 0 saturated heterocycles. The Morgan fingerprint density at radius 2 is 1.29 bits per heavy atom. The third-order valence-electron chi connectivity index (χ3n) is 3.40. The van der Waals surface area contributed by atoms with Crippen LogP contribution < -0.4 is 4.90 Å². The quantitative estimate of drug-likeness (QED) is 0.419. The first-order valence-electron chi connectivity index (χ1n) is 6.95. The fourth-order valence-corrected chi connectivity index (χ4v) is 2.65. The van der Waals surface area contributed by atoms with Crippen LogP contribution in [0.2, 0.25) is 10.0 Å². The van der Waals surface area contributed by atoms with Crippen molar-refractivity contribution < 1.29 is 35.9 Å². The molecule has 3 heterocycles. The number of aromatic nitrogens is 4. The molecule has 0 radical (unpaired) electrons. The van der Waals surface area contributed by atoms with Crippen molar-refractivity contribution in [2.24, 2.45) is 0 Å². The van der Waals surface area contributed by atoms with E-state index in [-0.39, 0.29) is 10.6 Å². The van der Waals surface area contributed by atoms with Crippen molar-refractivity contribution >= 4 is 23.2 Å². The maximum absolute atomic E-state index is 12.7. The molecule has 148 valence electrons. The van der Waals surface area contributed by atoms with Crippen LogP contribution in [0.3, 0.4) is 0 Å². The van der Waals surface area contributed by atoms with E-state index in [9.17, 15) is 31.5 Å². The molecule has 0 saturated carbocycles. The molecular formula is C14H4Cl2F6N4O2. The monoisotopic (exact) mass is 444 g/mol. The van der Waals surface area contributed by atoms with E-state index >= 15 is 0 Å². The predicted octanol–water partition coefficient (Wildman–Crippen LogP) is 4.78. The molecule has 3 rings (SSSR count). The summed E-state index contributed by atoms with van der Waals surface area (Å²) in [5.74, 6) is 0. The van der Waals surface area contributed by atoms with Gasteiger partial charge in [-0.3, -0.25) is 4.63 Å². The average Bonchev–Trinajstić information content (AvgIpc) is 2.94. The first-order chi connectivity index (χ1) is 12.9. The summed E-state index contributed by atoms with van der Waals surface area (Å²) in [6.07, 6.45) is -8.60. The SMILES string of the molecule is [O-][n+]1onc(-c2ncc(C(F)(F)F)cc2Cl)c1-c1ncc(C(F)(F)F)cc1Cl. The van der Waals surface area contributed by atoms with E-state index in [1.165, 1.54) is 0 Å². The number of nitrogens with zero attached hydrogens (tertiary/aromatic N) is 4. The Kier molecular flexibility index (Phi) is 4.88. The third kappa shape index (κ3) is 3.69. The summed E-state index contributed by atoms with van der Waals surface area (Å²) >= 11 is 11.6. The molecule has 0 bridgehead atoms. The van der Waals surface area contributed by atoms with Crippen LogP contribution in [0.25, 0.3) is 22.8 Å². The molecule has 0 unspecified atom stereocenters. The summed E-state index contributed by atoms with van der Waals surface area (Å²) < 4.78 is 80.8. The van der Waals surface area contributed by atoms with Gasteiger partial charge in [-0.2, -0.15) is 26.3 Å². The van der Waals surface area contributed by atoms with Crippen molar-refractivity contribution in [3.05, 3.63) is 50.9 Å². The number of alkyl halides is 6. The number of pyridine rings is 2. The van der Waals surface area contributed by atoms with Gasteiger partial charge in [-0.15, -0.1) is 0 Å². The largest absolute Gasteiger partial charge is 0.417 e. The highest BCUT2D eigenvalue weighted by Crippen LogP contribution is 2.38. The lowest BCUT2D eigenvalue weighted by molar-refractivity contribution is -0.793. The number of hydrogen-bond acceptors (Lipinski definition) is 5. The number of halogens is 8. The normalized spacial score (nSPS) is 12.4. The van der Waals surface area contributed by atoms with Crippen molar-refractivity contribution in [1.29, 1.82) is 0 Å². The minimum Gasteiger partial charge on any atom is -0.359 e. The molecule has 6 nitrogen and oxygen atoms in total. The summed E-state index contributed by atoms with van der Waals surface area (Å²) in [5.41, 5.74) is -4.22. The maximum atomic E-state index is 12.7. The molecule has 0 aliphatic heterocycles. The van der Waals surface area contributed by atoms with Gasteiger partial charge in [0.05, 0.1) is 21.2 Å².